The van der Waals surface area contributed by atoms with E-state index >= 15 is 0 Å². The van der Waals surface area contributed by atoms with Crippen molar-refractivity contribution < 1.29 is 153 Å². The number of allylic oxidation sites excluding steroid dienone is 3. The topological polar surface area (TPSA) is 541 Å². The molecule has 0 aromatic carbocycles. The molecule has 0 saturated carbocycles. The largest absolute Gasteiger partial charge is 0.477 e. The van der Waals surface area contributed by atoms with Gasteiger partial charge >= 0.3 is 5.97 Å². The molecule has 3 amide bonds. The van der Waals surface area contributed by atoms with Crippen LogP contribution in [0.25, 0.3) is 0 Å². The predicted molar refractivity (Wildman–Crippen MR) is 406 cm³/mol. The summed E-state index contributed by atoms with van der Waals surface area (Å²) in [6, 6.07) is -4.81. The number of aliphatic hydroxyl groups excluding tert-OH is 16. The highest BCUT2D eigenvalue weighted by atomic mass is 16.8. The first-order chi connectivity index (χ1) is 54.3. The number of amides is 3. The van der Waals surface area contributed by atoms with Gasteiger partial charge in [-0.25, -0.2) is 4.79 Å². The lowest BCUT2D eigenvalue weighted by Gasteiger charge is -2.52. The highest BCUT2D eigenvalue weighted by molar-refractivity contribution is 5.77. The van der Waals surface area contributed by atoms with Crippen LogP contribution >= 0.6 is 0 Å². The van der Waals surface area contributed by atoms with Crippen molar-refractivity contribution in [2.75, 3.05) is 39.6 Å². The quantitative estimate of drug-likeness (QED) is 0.0299. The zero-order valence-electron chi connectivity index (χ0n) is 66.8. The Morgan fingerprint density at radius 2 is 0.885 bits per heavy atom. The third-order valence-electron chi connectivity index (χ3n) is 21.7. The van der Waals surface area contributed by atoms with Gasteiger partial charge in [-0.2, -0.15) is 0 Å². The first-order valence-corrected chi connectivity index (χ1v) is 41.7. The van der Waals surface area contributed by atoms with Crippen LogP contribution in [0, 0.1) is 0 Å². The number of rotatable bonds is 57. The molecule has 5 aliphatic heterocycles. The maximum absolute atomic E-state index is 13.8. The van der Waals surface area contributed by atoms with E-state index in [-0.39, 0.29) is 12.3 Å². The molecule has 0 aromatic rings. The average Bonchev–Trinajstić information content (AvgIpc) is 0.767. The van der Waals surface area contributed by atoms with Crippen LogP contribution in [-0.2, 0) is 66.5 Å². The normalized spacial score (nSPS) is 33.5. The molecule has 2 unspecified atom stereocenters. The van der Waals surface area contributed by atoms with Crippen molar-refractivity contribution in [3.63, 3.8) is 0 Å². The first-order valence-electron chi connectivity index (χ1n) is 41.7. The van der Waals surface area contributed by atoms with Crippen molar-refractivity contribution in [3.05, 3.63) is 24.3 Å². The first kappa shape index (κ1) is 99.9. The molecular weight excluding hydrogens is 1490 g/mol. The number of carbonyl (C=O) groups excluding carboxylic acids is 3. The zero-order chi connectivity index (χ0) is 83.0. The summed E-state index contributed by atoms with van der Waals surface area (Å²) < 4.78 is 60.2. The molecule has 0 aliphatic carbocycles. The third-order valence-corrected chi connectivity index (χ3v) is 21.7. The highest BCUT2D eigenvalue weighted by Gasteiger charge is 2.62. The summed E-state index contributed by atoms with van der Waals surface area (Å²) in [6.07, 6.45) is -7.34. The van der Waals surface area contributed by atoms with E-state index in [4.69, 9.17) is 47.4 Å². The molecule has 28 atom stereocenters. The molecular formula is C79H141N3O31. The van der Waals surface area contributed by atoms with Gasteiger partial charge in [-0.3, -0.25) is 14.4 Å². The lowest BCUT2D eigenvalue weighted by molar-refractivity contribution is -0.403. The Balaban J connectivity index is 1.34. The number of carboxylic acid groups (broad SMARTS) is 1. The number of ether oxygens (including phenoxy) is 10. The van der Waals surface area contributed by atoms with Gasteiger partial charge < -0.3 is 150 Å². The van der Waals surface area contributed by atoms with E-state index in [1.807, 2.05) is 6.08 Å². The Bertz CT molecular complexity index is 2660. The van der Waals surface area contributed by atoms with E-state index in [1.54, 1.807) is 6.08 Å². The maximum atomic E-state index is 13.8. The van der Waals surface area contributed by atoms with E-state index in [0.29, 0.717) is 12.8 Å². The summed E-state index contributed by atoms with van der Waals surface area (Å²) in [5.41, 5.74) is 0. The van der Waals surface area contributed by atoms with E-state index in [0.717, 1.165) is 78.1 Å². The maximum Gasteiger partial charge on any atom is 0.364 e. The Morgan fingerprint density at radius 3 is 1.39 bits per heavy atom. The summed E-state index contributed by atoms with van der Waals surface area (Å²) in [7, 11) is 0. The van der Waals surface area contributed by atoms with Crippen LogP contribution in [0.15, 0.2) is 24.3 Å². The van der Waals surface area contributed by atoms with Gasteiger partial charge in [-0.05, 0) is 44.9 Å². The molecule has 34 nitrogen and oxygen atoms in total. The smallest absolute Gasteiger partial charge is 0.364 e. The molecule has 20 N–H and O–H groups in total. The number of carbonyl (C=O) groups is 4. The lowest BCUT2D eigenvalue weighted by Crippen LogP contribution is -2.72. The van der Waals surface area contributed by atoms with Crippen LogP contribution in [0.2, 0.25) is 0 Å². The van der Waals surface area contributed by atoms with Crippen LogP contribution in [0.5, 0.6) is 0 Å². The third kappa shape index (κ3) is 32.4. The minimum atomic E-state index is -3.38. The fourth-order valence-electron chi connectivity index (χ4n) is 15.1. The Kier molecular flexibility index (Phi) is 48.2. The van der Waals surface area contributed by atoms with Crippen molar-refractivity contribution in [1.82, 2.24) is 16.0 Å². The van der Waals surface area contributed by atoms with Gasteiger partial charge in [-0.1, -0.05) is 192 Å². The number of hydrogen-bond acceptors (Lipinski definition) is 30. The van der Waals surface area contributed by atoms with Gasteiger partial charge in [0.05, 0.1) is 63.9 Å². The predicted octanol–water partition coefficient (Wildman–Crippen LogP) is 1.07. The van der Waals surface area contributed by atoms with E-state index < -0.39 is 235 Å². The monoisotopic (exact) mass is 1630 g/mol. The standard InChI is InChI=1S/C79H141N3O31/c1-5-7-9-11-13-15-17-19-20-21-22-23-24-25-26-28-30-32-34-36-38-40-58(93)82-50(51(90)39-37-35-33-31-29-27-18-16-14-12-10-8-6-2)47-104-75-67(100)65(98)69(56(45-86)107-75)109-77-68(101)73(113-79(78(102)103)41-52(91)59(80-48(3)88)72(112-79)61(94)53(92)42-83)70(57(46-87)108-77)110-74-60(81-49(4)89)71(63(96)55(44-85)105-74)111-76-66(99)64(97)62(95)54(43-84)106-76/h19-20,37,39,50-57,59-77,83-87,90-92,94-101H,5-18,21-36,38,40-47H2,1-4H3,(H,80,88)(H,81,89)(H,82,93)(H,102,103)/t50-,51+,52-,53-,54+,55+,56+,57+,59+,60+,61-,62-,63-,64-,65+,66+,67?,68+,69+,70-,71+,72?,73+,74-,75+,76-,77-,79-/m0/s1. The molecule has 5 rings (SSSR count). The van der Waals surface area contributed by atoms with Crippen LogP contribution in [0.3, 0.4) is 0 Å². The molecule has 5 heterocycles. The minimum Gasteiger partial charge on any atom is -0.477 e. The summed E-state index contributed by atoms with van der Waals surface area (Å²) in [4.78, 5) is 53.1. The lowest BCUT2D eigenvalue weighted by atomic mass is 9.88. The van der Waals surface area contributed by atoms with Crippen LogP contribution in [0.1, 0.15) is 240 Å². The average molecular weight is 1630 g/mol. The van der Waals surface area contributed by atoms with Crippen molar-refractivity contribution >= 4 is 23.7 Å². The second kappa shape index (κ2) is 54.5. The number of hydrogen-bond donors (Lipinski definition) is 20. The SMILES string of the molecule is CCCCCCCCC=CCCCCCCCCCCCCCC(=O)N[C@@H](CO[C@@H]1O[C@H](CO)[C@@H](O[C@@H]2O[C@H](CO)[C@H](O[C@@H]3O[C@H](CO)[C@H](O)[C@H](O[C@@H]4O[C@H](CO)[C@H](O)[C@H](O)[C@H]4O)[C@H]3NC(C)=O)[C@H](O[C@]3(C(=O)O)C[C@H](O)[C@@H](NC(C)=O)C([C@@H](O)[C@@H](O)CO)O3)[C@H]2O)[C@H](O)C1O)[C@H](O)C=CCCCCCCCCCCCCC. The molecule has 113 heavy (non-hydrogen) atoms. The van der Waals surface area contributed by atoms with Gasteiger partial charge in [0.25, 0.3) is 5.79 Å². The number of unbranched alkanes of at least 4 members (excludes halogenated alkanes) is 28. The van der Waals surface area contributed by atoms with E-state index in [2.05, 4.69) is 41.9 Å². The second-order valence-corrected chi connectivity index (χ2v) is 31.0. The fourth-order valence-corrected chi connectivity index (χ4v) is 15.1. The van der Waals surface area contributed by atoms with Crippen molar-refractivity contribution in [3.8, 4) is 0 Å². The molecule has 34 heteroatoms. The number of carboxylic acids is 1. The number of aliphatic carboxylic acids is 1. The Hall–Kier alpha value is -3.68. The Morgan fingerprint density at radius 1 is 0.460 bits per heavy atom. The summed E-state index contributed by atoms with van der Waals surface area (Å²) in [6.45, 7) is 0.334. The van der Waals surface area contributed by atoms with E-state index in [9.17, 15) is 106 Å². The number of aliphatic hydroxyl groups is 16. The van der Waals surface area contributed by atoms with Crippen LogP contribution < -0.4 is 16.0 Å². The molecule has 5 fully saturated rings. The molecule has 5 saturated heterocycles. The molecule has 658 valence electrons. The second-order valence-electron chi connectivity index (χ2n) is 31.0. The number of nitrogens with one attached hydrogen (secondary N) is 3. The summed E-state index contributed by atoms with van der Waals surface area (Å²) in [5, 5.41) is 197. The molecule has 0 bridgehead atoms. The van der Waals surface area contributed by atoms with Crippen molar-refractivity contribution in [2.24, 2.45) is 0 Å². The van der Waals surface area contributed by atoms with Crippen LogP contribution in [-0.4, -0.2) is 321 Å². The molecule has 0 aromatic heterocycles. The molecule has 0 spiro atoms. The fraction of sp³-hybridized carbons (Fsp3) is 0.899. The van der Waals surface area contributed by atoms with Crippen molar-refractivity contribution in [2.45, 2.75) is 411 Å². The summed E-state index contributed by atoms with van der Waals surface area (Å²) >= 11 is 0. The highest BCUT2D eigenvalue weighted by Crippen LogP contribution is 2.41. The Labute approximate surface area is 665 Å². The molecule has 0 radical (unpaired) electrons. The molecule has 5 aliphatic rings. The van der Waals surface area contributed by atoms with Crippen molar-refractivity contribution in [1.29, 1.82) is 0 Å². The van der Waals surface area contributed by atoms with E-state index in [1.165, 1.54) is 122 Å². The summed E-state index contributed by atoms with van der Waals surface area (Å²) in [5.74, 6) is -7.71. The van der Waals surface area contributed by atoms with Gasteiger partial charge in [0, 0.05) is 26.7 Å². The van der Waals surface area contributed by atoms with Gasteiger partial charge in [0.1, 0.15) is 116 Å². The zero-order valence-corrected chi connectivity index (χ0v) is 66.8. The minimum absolute atomic E-state index is 0.131. The van der Waals surface area contributed by atoms with Gasteiger partial charge in [-0.15, -0.1) is 0 Å². The van der Waals surface area contributed by atoms with Gasteiger partial charge in [0.15, 0.2) is 25.2 Å². The van der Waals surface area contributed by atoms with Crippen LogP contribution in [0.4, 0.5) is 0 Å². The van der Waals surface area contributed by atoms with Gasteiger partial charge in [0.2, 0.25) is 17.7 Å².